The van der Waals surface area contributed by atoms with E-state index in [4.69, 9.17) is 9.79 Å². The van der Waals surface area contributed by atoms with Crippen molar-refractivity contribution in [2.75, 3.05) is 6.66 Å². The van der Waals surface area contributed by atoms with Crippen molar-refractivity contribution < 1.29 is 14.4 Å². The quantitative estimate of drug-likeness (QED) is 0.316. The summed E-state index contributed by atoms with van der Waals surface area (Å²) in [7, 11) is -3.64. The maximum Gasteiger partial charge on any atom is 0.322 e. The lowest BCUT2D eigenvalue weighted by molar-refractivity contribution is 0.381. The molecule has 0 aromatic rings. The van der Waals surface area contributed by atoms with Gasteiger partial charge in [-0.25, -0.2) is 0 Å². The molecule has 0 amide bonds. The molecule has 0 atom stereocenters. The first-order valence-electron chi connectivity index (χ1n) is 1.03. The molecule has 5 heteroatoms. The van der Waals surface area contributed by atoms with Gasteiger partial charge in [-0.2, -0.15) is 0 Å². The molecule has 2 N–H and O–H groups in total. The second-order valence-corrected chi connectivity index (χ2v) is 2.51. The predicted octanol–water partition coefficient (Wildman–Crippen LogP) is -1.12. The van der Waals surface area contributed by atoms with E-state index in [-0.39, 0.29) is 23.1 Å². The molecule has 0 bridgehead atoms. The van der Waals surface area contributed by atoms with Crippen LogP contribution in [0.15, 0.2) is 0 Å². The Kier molecular flexibility index (Phi) is 4.99. The zero-order valence-electron chi connectivity index (χ0n) is 2.75. The molecule has 36 valence electrons. The van der Waals surface area contributed by atoms with Crippen LogP contribution in [0.3, 0.4) is 0 Å². The lowest BCUT2D eigenvalue weighted by Gasteiger charge is -1.84. The van der Waals surface area contributed by atoms with E-state index in [0.717, 1.165) is 6.66 Å². The minimum atomic E-state index is -3.64. The third-order valence-electron chi connectivity index (χ3n) is 0. The summed E-state index contributed by atoms with van der Waals surface area (Å²) in [6.07, 6.45) is 0. The fraction of sp³-hybridized carbons (Fsp3) is 1.00. The van der Waals surface area contributed by atoms with Gasteiger partial charge in [0.1, 0.15) is 0 Å². The Bertz CT molecular complexity index is 56.9. The fourth-order valence-electron chi connectivity index (χ4n) is 0. The van der Waals surface area contributed by atoms with Crippen LogP contribution < -0.4 is 0 Å². The first-order valence-corrected chi connectivity index (χ1v) is 3.09. The fourth-order valence-corrected chi connectivity index (χ4v) is 0. The van der Waals surface area contributed by atoms with Crippen molar-refractivity contribution in [3.63, 3.8) is 0 Å². The van der Waals surface area contributed by atoms with Crippen LogP contribution in [0.5, 0.6) is 0 Å². The summed E-state index contributed by atoms with van der Waals surface area (Å²) in [6, 6.07) is 0. The first kappa shape index (κ1) is 10.0. The van der Waals surface area contributed by atoms with Gasteiger partial charge in [0.05, 0.1) is 0 Å². The zero-order chi connectivity index (χ0) is 4.50. The highest BCUT2D eigenvalue weighted by Gasteiger charge is 1.95. The Morgan fingerprint density at radius 1 is 1.50 bits per heavy atom. The van der Waals surface area contributed by atoms with Crippen molar-refractivity contribution in [3.8, 4) is 0 Å². The van der Waals surface area contributed by atoms with Gasteiger partial charge in [0.2, 0.25) is 0 Å². The van der Waals surface area contributed by atoms with E-state index < -0.39 is 7.60 Å². The van der Waals surface area contributed by atoms with Crippen LogP contribution in [0.2, 0.25) is 0 Å². The lowest BCUT2D eigenvalue weighted by Crippen LogP contribution is -1.64. The normalized spacial score (nSPS) is 9.83. The Labute approximate surface area is 52.1 Å². The topological polar surface area (TPSA) is 57.5 Å². The van der Waals surface area contributed by atoms with E-state index in [1.807, 2.05) is 0 Å². The smallest absolute Gasteiger partial charge is 0.322 e. The molecule has 0 fully saturated rings. The van der Waals surface area contributed by atoms with Crippen molar-refractivity contribution in [2.24, 2.45) is 0 Å². The first-order chi connectivity index (χ1) is 2.00. The van der Waals surface area contributed by atoms with Crippen LogP contribution in [0.25, 0.3) is 0 Å². The summed E-state index contributed by atoms with van der Waals surface area (Å²) in [6.45, 7) is 0.854. The molecular weight excluding hydrogens is 115 g/mol. The van der Waals surface area contributed by atoms with E-state index in [9.17, 15) is 4.57 Å². The van der Waals surface area contributed by atoms with Crippen molar-refractivity contribution in [1.82, 2.24) is 0 Å². The van der Waals surface area contributed by atoms with Crippen molar-refractivity contribution in [1.29, 1.82) is 0 Å². The summed E-state index contributed by atoms with van der Waals surface area (Å²) in [5.74, 6) is 0. The Morgan fingerprint density at radius 3 is 1.50 bits per heavy atom. The second-order valence-electron chi connectivity index (χ2n) is 0.835. The molecule has 0 saturated carbocycles. The minimum absolute atomic E-state index is 0. The Morgan fingerprint density at radius 2 is 1.50 bits per heavy atom. The van der Waals surface area contributed by atoms with E-state index in [2.05, 4.69) is 0 Å². The minimum Gasteiger partial charge on any atom is -0.325 e. The maximum absolute atomic E-state index is 9.33. The summed E-state index contributed by atoms with van der Waals surface area (Å²) in [5, 5.41) is 0. The molecule has 0 rings (SSSR count). The number of hydrogen-bond acceptors (Lipinski definition) is 1. The highest BCUT2D eigenvalue weighted by atomic mass is 31.2. The summed E-state index contributed by atoms with van der Waals surface area (Å²) in [4.78, 5) is 15.3. The van der Waals surface area contributed by atoms with Gasteiger partial charge in [0, 0.05) is 6.66 Å². The molecule has 0 unspecified atom stereocenters. The zero-order valence-corrected chi connectivity index (χ0v) is 3.64. The van der Waals surface area contributed by atoms with Gasteiger partial charge in [-0.1, -0.05) is 0 Å². The molecule has 0 aliphatic carbocycles. The number of rotatable bonds is 0. The van der Waals surface area contributed by atoms with Gasteiger partial charge in [-0.3, -0.25) is 4.57 Å². The molecule has 3 nitrogen and oxygen atoms in total. The molecule has 6 heavy (non-hydrogen) atoms. The van der Waals surface area contributed by atoms with Crippen LogP contribution in [-0.4, -0.2) is 39.5 Å². The van der Waals surface area contributed by atoms with Crippen LogP contribution >= 0.6 is 7.60 Å². The predicted molar refractivity (Wildman–Crippen MR) is 26.5 cm³/mol. The molecule has 0 radical (unpaired) electrons. The average Bonchev–Trinajstić information content (AvgIpc) is 0.722. The van der Waals surface area contributed by atoms with Crippen molar-refractivity contribution in [2.45, 2.75) is 0 Å². The molecular formula is CH7MgO3P. The maximum atomic E-state index is 9.33. The van der Waals surface area contributed by atoms with Gasteiger partial charge in [0.15, 0.2) is 0 Å². The van der Waals surface area contributed by atoms with E-state index in [1.54, 1.807) is 0 Å². The van der Waals surface area contributed by atoms with Gasteiger partial charge in [-0.15, -0.1) is 0 Å². The molecule has 0 aromatic heterocycles. The SMILES string of the molecule is CP(=O)(O)O.[MgH2]. The second kappa shape index (κ2) is 2.99. The van der Waals surface area contributed by atoms with Crippen molar-refractivity contribution in [3.05, 3.63) is 0 Å². The monoisotopic (exact) mass is 122 g/mol. The molecule has 0 aromatic carbocycles. The standard InChI is InChI=1S/CH5O3P.Mg.2H/c1-5(2,3)4;;;/h1H3,(H2,2,3,4);;;. The van der Waals surface area contributed by atoms with Crippen LogP contribution in [-0.2, 0) is 4.57 Å². The van der Waals surface area contributed by atoms with E-state index >= 15 is 0 Å². The van der Waals surface area contributed by atoms with Crippen LogP contribution in [0.4, 0.5) is 0 Å². The summed E-state index contributed by atoms with van der Waals surface area (Å²) < 4.78 is 9.33. The largest absolute Gasteiger partial charge is 0.325 e. The Balaban J connectivity index is 0. The highest BCUT2D eigenvalue weighted by Crippen LogP contribution is 2.26. The van der Waals surface area contributed by atoms with E-state index in [1.165, 1.54) is 0 Å². The van der Waals surface area contributed by atoms with Gasteiger partial charge >= 0.3 is 30.6 Å². The molecule has 0 aliphatic rings. The average molecular weight is 122 g/mol. The third kappa shape index (κ3) is 89.8. The van der Waals surface area contributed by atoms with Gasteiger partial charge < -0.3 is 9.79 Å². The van der Waals surface area contributed by atoms with Crippen molar-refractivity contribution >= 4 is 30.6 Å². The van der Waals surface area contributed by atoms with Gasteiger partial charge in [-0.05, 0) is 0 Å². The molecule has 0 heterocycles. The third-order valence-corrected chi connectivity index (χ3v) is 0. The van der Waals surface area contributed by atoms with Crippen LogP contribution in [0.1, 0.15) is 0 Å². The summed E-state index contributed by atoms with van der Waals surface area (Å²) >= 11 is 0. The van der Waals surface area contributed by atoms with E-state index in [0.29, 0.717) is 0 Å². The highest BCUT2D eigenvalue weighted by molar-refractivity contribution is 7.50. The Hall–Kier alpha value is 0.916. The van der Waals surface area contributed by atoms with Gasteiger partial charge in [0.25, 0.3) is 0 Å². The summed E-state index contributed by atoms with van der Waals surface area (Å²) in [5.41, 5.74) is 0. The number of hydrogen-bond donors (Lipinski definition) is 2. The lowest BCUT2D eigenvalue weighted by atomic mass is 12.0. The molecule has 0 spiro atoms. The molecule has 0 saturated heterocycles. The van der Waals surface area contributed by atoms with Crippen LogP contribution in [0, 0.1) is 0 Å². The molecule has 0 aliphatic heterocycles.